The molecule has 2 aromatic carbocycles. The predicted molar refractivity (Wildman–Crippen MR) is 112 cm³/mol. The van der Waals surface area contributed by atoms with Crippen molar-refractivity contribution in [2.24, 2.45) is 0 Å². The number of hydrogen-bond donors (Lipinski definition) is 3. The molecule has 10 heteroatoms. The Morgan fingerprint density at radius 1 is 1.10 bits per heavy atom. The van der Waals surface area contributed by atoms with Crippen LogP contribution in [0.3, 0.4) is 0 Å². The number of aromatic nitrogens is 2. The molecule has 0 aliphatic carbocycles. The van der Waals surface area contributed by atoms with Gasteiger partial charge in [-0.25, -0.2) is 4.68 Å². The van der Waals surface area contributed by atoms with Gasteiger partial charge in [0.05, 0.1) is 11.1 Å². The van der Waals surface area contributed by atoms with Crippen molar-refractivity contribution in [3.63, 3.8) is 0 Å². The molecule has 3 N–H and O–H groups in total. The maximum absolute atomic E-state index is 12.8. The van der Waals surface area contributed by atoms with Crippen LogP contribution in [0.4, 0.5) is 5.69 Å². The number of fused-ring (bicyclic) bond motifs is 2. The molecule has 10 nitrogen and oxygen atoms in total. The van der Waals surface area contributed by atoms with Crippen molar-refractivity contribution < 1.29 is 19.1 Å². The van der Waals surface area contributed by atoms with E-state index in [4.69, 9.17) is 4.74 Å². The van der Waals surface area contributed by atoms with E-state index in [1.807, 2.05) is 6.92 Å². The Kier molecular flexibility index (Phi) is 5.35. The quantitative estimate of drug-likeness (QED) is 0.543. The number of nitrogens with zero attached hydrogens (tertiary/aromatic N) is 2. The normalized spacial score (nSPS) is 12.5. The molecule has 31 heavy (non-hydrogen) atoms. The number of anilines is 1. The van der Waals surface area contributed by atoms with Crippen LogP contribution < -0.4 is 26.5 Å². The van der Waals surface area contributed by atoms with E-state index >= 15 is 0 Å². The average Bonchev–Trinajstić information content (AvgIpc) is 2.79. The summed E-state index contributed by atoms with van der Waals surface area (Å²) in [7, 11) is 0. The number of hydrazine groups is 1. The van der Waals surface area contributed by atoms with Gasteiger partial charge >= 0.3 is 0 Å². The van der Waals surface area contributed by atoms with Crippen LogP contribution in [0.15, 0.2) is 47.3 Å². The molecule has 1 aliphatic heterocycles. The molecule has 3 amide bonds. The molecule has 0 spiro atoms. The SMILES string of the molecule is CCCn1nc(C(=O)NNC(=O)c2ccc3c(c2)OCC(=O)N3)c2ccccc2c1=O. The Labute approximate surface area is 176 Å². The Hall–Kier alpha value is -4.21. The fraction of sp³-hybridized carbons (Fsp3) is 0.190. The fourth-order valence-electron chi connectivity index (χ4n) is 3.23. The summed E-state index contributed by atoms with van der Waals surface area (Å²) in [5.41, 5.74) is 5.11. The fourth-order valence-corrected chi connectivity index (χ4v) is 3.23. The number of hydrogen-bond acceptors (Lipinski definition) is 6. The van der Waals surface area contributed by atoms with E-state index in [0.717, 1.165) is 0 Å². The van der Waals surface area contributed by atoms with E-state index in [1.54, 1.807) is 30.3 Å². The second-order valence-electron chi connectivity index (χ2n) is 6.88. The minimum atomic E-state index is -0.657. The first-order chi connectivity index (χ1) is 15.0. The van der Waals surface area contributed by atoms with Crippen molar-refractivity contribution >= 4 is 34.2 Å². The highest BCUT2D eigenvalue weighted by Gasteiger charge is 2.20. The van der Waals surface area contributed by atoms with Gasteiger partial charge in [0, 0.05) is 17.5 Å². The summed E-state index contributed by atoms with van der Waals surface area (Å²) in [4.78, 5) is 49.1. The molecule has 158 valence electrons. The highest BCUT2D eigenvalue weighted by molar-refractivity contribution is 6.06. The van der Waals surface area contributed by atoms with Gasteiger partial charge in [-0.05, 0) is 30.7 Å². The van der Waals surface area contributed by atoms with Crippen LogP contribution in [0.1, 0.15) is 34.2 Å². The molecule has 0 fully saturated rings. The summed E-state index contributed by atoms with van der Waals surface area (Å²) in [6, 6.07) is 11.2. The van der Waals surface area contributed by atoms with Crippen molar-refractivity contribution in [1.82, 2.24) is 20.6 Å². The number of benzene rings is 2. The maximum atomic E-state index is 12.8. The molecule has 0 radical (unpaired) electrons. The maximum Gasteiger partial charge on any atom is 0.290 e. The minimum absolute atomic E-state index is 0.0282. The van der Waals surface area contributed by atoms with E-state index in [-0.39, 0.29) is 29.3 Å². The van der Waals surface area contributed by atoms with Crippen LogP contribution in [0.2, 0.25) is 0 Å². The van der Waals surface area contributed by atoms with Crippen LogP contribution in [-0.4, -0.2) is 34.1 Å². The van der Waals surface area contributed by atoms with Gasteiger partial charge < -0.3 is 10.1 Å². The van der Waals surface area contributed by atoms with Gasteiger partial charge in [0.2, 0.25) is 0 Å². The van der Waals surface area contributed by atoms with Crippen LogP contribution in [0.5, 0.6) is 5.75 Å². The number of aryl methyl sites for hydroxylation is 1. The molecular weight excluding hydrogens is 402 g/mol. The van der Waals surface area contributed by atoms with Crippen LogP contribution in [0.25, 0.3) is 10.8 Å². The summed E-state index contributed by atoms with van der Waals surface area (Å²) in [6.45, 7) is 2.12. The third kappa shape index (κ3) is 3.95. The van der Waals surface area contributed by atoms with E-state index in [9.17, 15) is 19.2 Å². The first-order valence-corrected chi connectivity index (χ1v) is 9.65. The van der Waals surface area contributed by atoms with Crippen LogP contribution >= 0.6 is 0 Å². The van der Waals surface area contributed by atoms with Gasteiger partial charge in [-0.1, -0.05) is 25.1 Å². The largest absolute Gasteiger partial charge is 0.482 e. The molecule has 4 rings (SSSR count). The molecule has 0 saturated heterocycles. The summed E-state index contributed by atoms with van der Waals surface area (Å²) < 4.78 is 6.54. The highest BCUT2D eigenvalue weighted by Crippen LogP contribution is 2.28. The number of nitrogens with one attached hydrogen (secondary N) is 3. The van der Waals surface area contributed by atoms with Crippen molar-refractivity contribution in [2.45, 2.75) is 19.9 Å². The third-order valence-electron chi connectivity index (χ3n) is 4.68. The Morgan fingerprint density at radius 2 is 1.84 bits per heavy atom. The molecule has 0 bridgehead atoms. The van der Waals surface area contributed by atoms with E-state index < -0.39 is 11.8 Å². The monoisotopic (exact) mass is 421 g/mol. The number of carbonyl (C=O) groups is 3. The van der Waals surface area contributed by atoms with Gasteiger partial charge in [0.25, 0.3) is 23.3 Å². The second kappa shape index (κ2) is 8.27. The van der Waals surface area contributed by atoms with E-state index in [2.05, 4.69) is 21.3 Å². The van der Waals surface area contributed by atoms with Crippen molar-refractivity contribution in [1.29, 1.82) is 0 Å². The Bertz CT molecular complexity index is 1270. The third-order valence-corrected chi connectivity index (χ3v) is 4.68. The first-order valence-electron chi connectivity index (χ1n) is 9.65. The predicted octanol–water partition coefficient (Wildman–Crippen LogP) is 1.21. The topological polar surface area (TPSA) is 131 Å². The lowest BCUT2D eigenvalue weighted by atomic mass is 10.1. The summed E-state index contributed by atoms with van der Waals surface area (Å²) >= 11 is 0. The summed E-state index contributed by atoms with van der Waals surface area (Å²) in [5, 5.41) is 7.58. The number of rotatable bonds is 4. The van der Waals surface area contributed by atoms with Gasteiger partial charge in [-0.2, -0.15) is 5.10 Å². The molecule has 0 saturated carbocycles. The number of carbonyl (C=O) groups excluding carboxylic acids is 3. The van der Waals surface area contributed by atoms with Crippen molar-refractivity contribution in [3.8, 4) is 5.75 Å². The van der Waals surface area contributed by atoms with Crippen molar-refractivity contribution in [3.05, 3.63) is 64.1 Å². The van der Waals surface area contributed by atoms with Crippen LogP contribution in [-0.2, 0) is 11.3 Å². The first kappa shape index (κ1) is 20.1. The average molecular weight is 421 g/mol. The molecule has 0 unspecified atom stereocenters. The smallest absolute Gasteiger partial charge is 0.290 e. The van der Waals surface area contributed by atoms with Gasteiger partial charge in [0.1, 0.15) is 5.75 Å². The lowest BCUT2D eigenvalue weighted by Crippen LogP contribution is -2.42. The van der Waals surface area contributed by atoms with E-state index in [0.29, 0.717) is 35.2 Å². The standard InChI is InChI=1S/C21H19N5O5/c1-2-9-26-21(30)14-6-4-3-5-13(14)18(25-26)20(29)24-23-19(28)12-7-8-15-16(10-12)31-11-17(27)22-15/h3-8,10H,2,9,11H2,1H3,(H,22,27)(H,23,28)(H,24,29). The summed E-state index contributed by atoms with van der Waals surface area (Å²) in [6.07, 6.45) is 0.671. The van der Waals surface area contributed by atoms with Crippen LogP contribution in [0, 0.1) is 0 Å². The zero-order chi connectivity index (χ0) is 22.0. The molecule has 2 heterocycles. The zero-order valence-electron chi connectivity index (χ0n) is 16.6. The number of amides is 3. The van der Waals surface area contributed by atoms with Gasteiger partial charge in [-0.3, -0.25) is 30.0 Å². The molecular formula is C21H19N5O5. The highest BCUT2D eigenvalue weighted by atomic mass is 16.5. The van der Waals surface area contributed by atoms with Gasteiger partial charge in [0.15, 0.2) is 12.3 Å². The molecule has 1 aliphatic rings. The Balaban J connectivity index is 1.54. The lowest BCUT2D eigenvalue weighted by Gasteiger charge is -2.18. The van der Waals surface area contributed by atoms with Gasteiger partial charge in [-0.15, -0.1) is 0 Å². The second-order valence-corrected chi connectivity index (χ2v) is 6.88. The molecule has 1 aromatic heterocycles. The van der Waals surface area contributed by atoms with E-state index in [1.165, 1.54) is 16.8 Å². The zero-order valence-corrected chi connectivity index (χ0v) is 16.6. The summed E-state index contributed by atoms with van der Waals surface area (Å²) in [5.74, 6) is -1.15. The Morgan fingerprint density at radius 3 is 2.61 bits per heavy atom. The lowest BCUT2D eigenvalue weighted by molar-refractivity contribution is -0.118. The van der Waals surface area contributed by atoms with Crippen molar-refractivity contribution in [2.75, 3.05) is 11.9 Å². The molecule has 3 aromatic rings. The molecule has 0 atom stereocenters. The minimum Gasteiger partial charge on any atom is -0.482 e. The number of ether oxygens (including phenoxy) is 1.